The van der Waals surface area contributed by atoms with Gasteiger partial charge in [-0.2, -0.15) is 0 Å². The fraction of sp³-hybridized carbons (Fsp3) is 0. The first-order chi connectivity index (χ1) is 7.25. The van der Waals surface area contributed by atoms with Crippen LogP contribution >= 0.6 is 43.6 Å². The van der Waals surface area contributed by atoms with Crippen molar-refractivity contribution in [1.29, 1.82) is 0 Å². The number of benzene rings is 1. The molecular weight excluding hydrogens is 338 g/mol. The Morgan fingerprint density at radius 2 is 1.73 bits per heavy atom. The summed E-state index contributed by atoms with van der Waals surface area (Å²) in [5.74, 6) is 0. The number of aromatic nitrogens is 1. The van der Waals surface area contributed by atoms with Crippen LogP contribution in [0, 0.1) is 0 Å². The Morgan fingerprint density at radius 3 is 2.40 bits per heavy atom. The number of hydrogen-bond donors (Lipinski definition) is 0. The summed E-state index contributed by atoms with van der Waals surface area (Å²) in [5, 5.41) is 0. The number of halogens is 2. The molecule has 0 fully saturated rings. The minimum Gasteiger partial charge on any atom is -0.263 e. The van der Waals surface area contributed by atoms with E-state index in [0.29, 0.717) is 0 Å². The van der Waals surface area contributed by atoms with E-state index in [4.69, 9.17) is 0 Å². The fourth-order valence-corrected chi connectivity index (χ4v) is 2.64. The van der Waals surface area contributed by atoms with Crippen LogP contribution < -0.4 is 0 Å². The van der Waals surface area contributed by atoms with Gasteiger partial charge >= 0.3 is 0 Å². The minimum atomic E-state index is 1.03. The van der Waals surface area contributed by atoms with E-state index in [1.807, 2.05) is 18.2 Å². The molecule has 0 aliphatic carbocycles. The molecule has 0 unspecified atom stereocenters. The summed E-state index contributed by atoms with van der Waals surface area (Å²) in [5.41, 5.74) is 0. The van der Waals surface area contributed by atoms with Crippen molar-refractivity contribution in [2.24, 2.45) is 0 Å². The molecule has 0 N–H and O–H groups in total. The largest absolute Gasteiger partial charge is 0.263 e. The highest BCUT2D eigenvalue weighted by atomic mass is 79.9. The van der Waals surface area contributed by atoms with Crippen LogP contribution in [-0.4, -0.2) is 4.98 Å². The molecule has 2 rings (SSSR count). The molecule has 0 amide bonds. The van der Waals surface area contributed by atoms with Crippen molar-refractivity contribution in [2.75, 3.05) is 0 Å². The normalized spacial score (nSPS) is 10.3. The summed E-state index contributed by atoms with van der Waals surface area (Å²) in [6, 6.07) is 10.2. The van der Waals surface area contributed by atoms with Gasteiger partial charge in [0.05, 0.1) is 0 Å². The molecule has 2 aromatic rings. The van der Waals surface area contributed by atoms with E-state index in [9.17, 15) is 0 Å². The monoisotopic (exact) mass is 343 g/mol. The summed E-state index contributed by atoms with van der Waals surface area (Å²) in [7, 11) is 0. The molecule has 0 aliphatic rings. The molecular formula is C11H7Br2NS. The molecule has 15 heavy (non-hydrogen) atoms. The zero-order valence-electron chi connectivity index (χ0n) is 7.65. The lowest BCUT2D eigenvalue weighted by Crippen LogP contribution is -1.77. The van der Waals surface area contributed by atoms with Crippen LogP contribution in [0.5, 0.6) is 0 Å². The van der Waals surface area contributed by atoms with Gasteiger partial charge in [-0.25, -0.2) is 0 Å². The van der Waals surface area contributed by atoms with Crippen LogP contribution in [0.2, 0.25) is 0 Å². The number of rotatable bonds is 2. The third-order valence-electron chi connectivity index (χ3n) is 1.78. The topological polar surface area (TPSA) is 12.9 Å². The first-order valence-electron chi connectivity index (χ1n) is 4.28. The van der Waals surface area contributed by atoms with Gasteiger partial charge in [-0.1, -0.05) is 27.7 Å². The summed E-state index contributed by atoms with van der Waals surface area (Å²) < 4.78 is 2.12. The maximum atomic E-state index is 4.03. The van der Waals surface area contributed by atoms with E-state index in [1.165, 1.54) is 9.79 Å². The fourth-order valence-electron chi connectivity index (χ4n) is 1.07. The number of pyridine rings is 1. The van der Waals surface area contributed by atoms with Gasteiger partial charge in [-0.3, -0.25) is 4.98 Å². The highest BCUT2D eigenvalue weighted by Gasteiger charge is 2.01. The second kappa shape index (κ2) is 5.14. The van der Waals surface area contributed by atoms with E-state index in [2.05, 4.69) is 49.0 Å². The molecule has 0 saturated heterocycles. The van der Waals surface area contributed by atoms with Gasteiger partial charge in [-0.15, -0.1) is 0 Å². The zero-order chi connectivity index (χ0) is 10.7. The molecule has 1 aromatic heterocycles. The lowest BCUT2D eigenvalue weighted by molar-refractivity contribution is 1.23. The van der Waals surface area contributed by atoms with Gasteiger partial charge in [0.1, 0.15) is 0 Å². The van der Waals surface area contributed by atoms with Gasteiger partial charge < -0.3 is 0 Å². The first-order valence-corrected chi connectivity index (χ1v) is 6.69. The minimum absolute atomic E-state index is 1.03. The Balaban J connectivity index is 2.22. The van der Waals surface area contributed by atoms with E-state index >= 15 is 0 Å². The van der Waals surface area contributed by atoms with Crippen molar-refractivity contribution in [2.45, 2.75) is 9.79 Å². The van der Waals surface area contributed by atoms with Crippen molar-refractivity contribution < 1.29 is 0 Å². The van der Waals surface area contributed by atoms with Crippen molar-refractivity contribution in [1.82, 2.24) is 4.98 Å². The highest BCUT2D eigenvalue weighted by molar-refractivity contribution is 9.10. The maximum absolute atomic E-state index is 4.03. The molecule has 0 spiro atoms. The molecule has 0 saturated carbocycles. The smallest absolute Gasteiger partial charge is 0.0498 e. The van der Waals surface area contributed by atoms with E-state index in [1.54, 1.807) is 24.2 Å². The van der Waals surface area contributed by atoms with E-state index in [0.717, 1.165) is 8.95 Å². The van der Waals surface area contributed by atoms with Crippen molar-refractivity contribution in [3.05, 3.63) is 51.7 Å². The predicted molar refractivity (Wildman–Crippen MR) is 70.2 cm³/mol. The second-order valence-corrected chi connectivity index (χ2v) is 5.75. The van der Waals surface area contributed by atoms with Crippen LogP contribution in [0.4, 0.5) is 0 Å². The Kier molecular flexibility index (Phi) is 3.83. The molecule has 1 aromatic carbocycles. The molecule has 76 valence electrons. The molecule has 0 bridgehead atoms. The van der Waals surface area contributed by atoms with Gasteiger partial charge in [0.15, 0.2) is 0 Å². The second-order valence-electron chi connectivity index (χ2n) is 2.86. The van der Waals surface area contributed by atoms with Crippen molar-refractivity contribution >= 4 is 43.6 Å². The average molecular weight is 345 g/mol. The average Bonchev–Trinajstić information content (AvgIpc) is 2.25. The van der Waals surface area contributed by atoms with Crippen LogP contribution in [0.25, 0.3) is 0 Å². The molecule has 0 atom stereocenters. The van der Waals surface area contributed by atoms with Crippen LogP contribution in [0.15, 0.2) is 61.5 Å². The Labute approximate surface area is 110 Å². The van der Waals surface area contributed by atoms with Gasteiger partial charge in [-0.05, 0) is 46.3 Å². The van der Waals surface area contributed by atoms with Gasteiger partial charge in [0.25, 0.3) is 0 Å². The summed E-state index contributed by atoms with van der Waals surface area (Å²) in [6.07, 6.45) is 3.60. The summed E-state index contributed by atoms with van der Waals surface area (Å²) in [4.78, 5) is 6.42. The van der Waals surface area contributed by atoms with Crippen LogP contribution in [0.3, 0.4) is 0 Å². The maximum Gasteiger partial charge on any atom is 0.0498 e. The van der Waals surface area contributed by atoms with Gasteiger partial charge in [0.2, 0.25) is 0 Å². The lowest BCUT2D eigenvalue weighted by Gasteiger charge is -2.03. The van der Waals surface area contributed by atoms with Crippen molar-refractivity contribution in [3.8, 4) is 0 Å². The van der Waals surface area contributed by atoms with Crippen LogP contribution in [-0.2, 0) is 0 Å². The summed E-state index contributed by atoms with van der Waals surface area (Å²) in [6.45, 7) is 0. The Morgan fingerprint density at radius 1 is 1.00 bits per heavy atom. The Bertz CT molecular complexity index is 456. The quantitative estimate of drug-likeness (QED) is 0.779. The molecule has 1 heterocycles. The highest BCUT2D eigenvalue weighted by Crippen LogP contribution is 2.33. The van der Waals surface area contributed by atoms with Crippen LogP contribution in [0.1, 0.15) is 0 Å². The predicted octanol–water partition coefficient (Wildman–Crippen LogP) is 4.76. The number of hydrogen-bond acceptors (Lipinski definition) is 2. The first kappa shape index (κ1) is 11.2. The standard InChI is InChI=1S/C11H7Br2NS/c12-8-1-3-9(4-2-8)15-11-5-6-14-7-10(11)13/h1-7H. The van der Waals surface area contributed by atoms with E-state index in [-0.39, 0.29) is 0 Å². The van der Waals surface area contributed by atoms with E-state index < -0.39 is 0 Å². The molecule has 0 aliphatic heterocycles. The summed E-state index contributed by atoms with van der Waals surface area (Å²) >= 11 is 8.61. The molecule has 0 radical (unpaired) electrons. The lowest BCUT2D eigenvalue weighted by atomic mass is 10.4. The van der Waals surface area contributed by atoms with Crippen molar-refractivity contribution in [3.63, 3.8) is 0 Å². The van der Waals surface area contributed by atoms with Gasteiger partial charge in [0, 0.05) is 31.1 Å². The number of nitrogens with zero attached hydrogens (tertiary/aromatic N) is 1. The molecule has 1 nitrogen and oxygen atoms in total. The SMILES string of the molecule is Brc1ccc(Sc2ccncc2Br)cc1. The zero-order valence-corrected chi connectivity index (χ0v) is 11.6. The third kappa shape index (κ3) is 3.06. The Hall–Kier alpha value is -0.320. The molecule has 4 heteroatoms. The third-order valence-corrected chi connectivity index (χ3v) is 4.28.